The third-order valence-electron chi connectivity index (χ3n) is 4.12. The topological polar surface area (TPSA) is 71.8 Å². The van der Waals surface area contributed by atoms with Gasteiger partial charge >= 0.3 is 5.97 Å². The molecule has 3 aromatic rings. The minimum absolute atomic E-state index is 0.118. The van der Waals surface area contributed by atoms with Crippen LogP contribution >= 0.6 is 15.9 Å². The smallest absolute Gasteiger partial charge is 0.362 e. The molecule has 0 spiro atoms. The number of methoxy groups -OCH3 is 2. The van der Waals surface area contributed by atoms with E-state index in [4.69, 9.17) is 18.9 Å². The number of carbonyl (C=O) groups is 1. The standard InChI is InChI=1S/C21H21BrN2O5/c1-4-28-21(25)19-17(12-24(23-19)15-8-6-5-7-9-15)29-13-14-10-11-16(26-2)20(27-3)18(14)22/h5-12H,4,13H2,1-3H3. The molecule has 8 heteroatoms. The summed E-state index contributed by atoms with van der Waals surface area (Å²) < 4.78 is 24.1. The summed E-state index contributed by atoms with van der Waals surface area (Å²) in [5.41, 5.74) is 1.75. The number of nitrogens with zero attached hydrogens (tertiary/aromatic N) is 2. The highest BCUT2D eigenvalue weighted by atomic mass is 79.9. The molecule has 3 rings (SSSR count). The Balaban J connectivity index is 1.90. The van der Waals surface area contributed by atoms with Crippen molar-refractivity contribution in [1.29, 1.82) is 0 Å². The van der Waals surface area contributed by atoms with E-state index in [1.54, 1.807) is 38.1 Å². The van der Waals surface area contributed by atoms with Gasteiger partial charge < -0.3 is 18.9 Å². The highest BCUT2D eigenvalue weighted by molar-refractivity contribution is 9.10. The normalized spacial score (nSPS) is 10.5. The van der Waals surface area contributed by atoms with Gasteiger partial charge in [-0.25, -0.2) is 9.48 Å². The molecule has 0 saturated carbocycles. The molecule has 7 nitrogen and oxygen atoms in total. The zero-order valence-electron chi connectivity index (χ0n) is 16.3. The number of halogens is 1. The van der Waals surface area contributed by atoms with E-state index >= 15 is 0 Å². The first-order valence-electron chi connectivity index (χ1n) is 8.93. The number of hydrogen-bond donors (Lipinski definition) is 0. The second-order valence-electron chi connectivity index (χ2n) is 5.91. The Morgan fingerprint density at radius 1 is 1.07 bits per heavy atom. The van der Waals surface area contributed by atoms with Crippen molar-refractivity contribution in [3.63, 3.8) is 0 Å². The highest BCUT2D eigenvalue weighted by Crippen LogP contribution is 2.38. The summed E-state index contributed by atoms with van der Waals surface area (Å²) in [5, 5.41) is 4.36. The third-order valence-corrected chi connectivity index (χ3v) is 4.99. The zero-order chi connectivity index (χ0) is 20.8. The summed E-state index contributed by atoms with van der Waals surface area (Å²) in [6.07, 6.45) is 1.66. The van der Waals surface area contributed by atoms with Crippen molar-refractivity contribution in [3.05, 3.63) is 64.4 Å². The molecule has 1 heterocycles. The Hall–Kier alpha value is -3.00. The van der Waals surface area contributed by atoms with Crippen LogP contribution in [-0.2, 0) is 11.3 Å². The van der Waals surface area contributed by atoms with Gasteiger partial charge in [0.05, 0.1) is 37.2 Å². The molecule has 0 atom stereocenters. The van der Waals surface area contributed by atoms with Gasteiger partial charge in [0.1, 0.15) is 6.61 Å². The second kappa shape index (κ2) is 9.47. The summed E-state index contributed by atoms with van der Waals surface area (Å²) in [4.78, 5) is 12.3. The van der Waals surface area contributed by atoms with Crippen molar-refractivity contribution >= 4 is 21.9 Å². The van der Waals surface area contributed by atoms with Gasteiger partial charge in [-0.1, -0.05) is 24.3 Å². The van der Waals surface area contributed by atoms with E-state index in [-0.39, 0.29) is 18.9 Å². The van der Waals surface area contributed by atoms with Crippen LogP contribution in [0.4, 0.5) is 0 Å². The summed E-state index contributed by atoms with van der Waals surface area (Å²) >= 11 is 3.52. The summed E-state index contributed by atoms with van der Waals surface area (Å²) in [6.45, 7) is 2.18. The van der Waals surface area contributed by atoms with Gasteiger partial charge in [-0.3, -0.25) is 0 Å². The van der Waals surface area contributed by atoms with Crippen molar-refractivity contribution in [3.8, 4) is 22.9 Å². The third kappa shape index (κ3) is 4.54. The first-order valence-corrected chi connectivity index (χ1v) is 9.72. The van der Waals surface area contributed by atoms with E-state index in [2.05, 4.69) is 21.0 Å². The van der Waals surface area contributed by atoms with E-state index in [0.29, 0.717) is 21.7 Å². The van der Waals surface area contributed by atoms with E-state index < -0.39 is 5.97 Å². The SMILES string of the molecule is CCOC(=O)c1nn(-c2ccccc2)cc1OCc1ccc(OC)c(OC)c1Br. The predicted molar refractivity (Wildman–Crippen MR) is 111 cm³/mol. The highest BCUT2D eigenvalue weighted by Gasteiger charge is 2.21. The lowest BCUT2D eigenvalue weighted by atomic mass is 10.2. The van der Waals surface area contributed by atoms with Crippen LogP contribution in [0.25, 0.3) is 5.69 Å². The second-order valence-corrected chi connectivity index (χ2v) is 6.70. The Bertz CT molecular complexity index is 988. The molecule has 0 bridgehead atoms. The zero-order valence-corrected chi connectivity index (χ0v) is 17.9. The van der Waals surface area contributed by atoms with E-state index in [1.807, 2.05) is 36.4 Å². The Labute approximate surface area is 177 Å². The van der Waals surface area contributed by atoms with Gasteiger partial charge in [0.25, 0.3) is 0 Å². The van der Waals surface area contributed by atoms with Crippen LogP contribution in [0.1, 0.15) is 23.0 Å². The van der Waals surface area contributed by atoms with E-state index in [0.717, 1.165) is 11.3 Å². The maximum atomic E-state index is 12.3. The number of aromatic nitrogens is 2. The fourth-order valence-electron chi connectivity index (χ4n) is 2.71. The quantitative estimate of drug-likeness (QED) is 0.463. The van der Waals surface area contributed by atoms with E-state index in [9.17, 15) is 4.79 Å². The number of carbonyl (C=O) groups excluding carboxylic acids is 1. The van der Waals surface area contributed by atoms with Gasteiger partial charge in [-0.15, -0.1) is 0 Å². The van der Waals surface area contributed by atoms with Gasteiger partial charge in [-0.2, -0.15) is 5.10 Å². The molecule has 0 unspecified atom stereocenters. The maximum absolute atomic E-state index is 12.3. The molecular weight excluding hydrogens is 440 g/mol. The molecular formula is C21H21BrN2O5. The predicted octanol–water partition coefficient (Wildman–Crippen LogP) is 4.41. The molecule has 0 N–H and O–H groups in total. The largest absolute Gasteiger partial charge is 0.493 e. The van der Waals surface area contributed by atoms with Crippen LogP contribution in [-0.4, -0.2) is 36.6 Å². The van der Waals surface area contributed by atoms with Gasteiger partial charge in [-0.05, 0) is 41.1 Å². The molecule has 2 aromatic carbocycles. The van der Waals surface area contributed by atoms with E-state index in [1.165, 1.54) is 0 Å². The molecule has 0 aliphatic carbocycles. The first kappa shape index (κ1) is 20.7. The van der Waals surface area contributed by atoms with Crippen LogP contribution in [0.15, 0.2) is 53.1 Å². The summed E-state index contributed by atoms with van der Waals surface area (Å²) in [7, 11) is 3.14. The minimum atomic E-state index is -0.538. The van der Waals surface area contributed by atoms with Crippen molar-refractivity contribution < 1.29 is 23.7 Å². The fraction of sp³-hybridized carbons (Fsp3) is 0.238. The molecule has 1 aromatic heterocycles. The molecule has 0 aliphatic heterocycles. The molecule has 152 valence electrons. The fourth-order valence-corrected chi connectivity index (χ4v) is 3.32. The van der Waals surface area contributed by atoms with Crippen molar-refractivity contribution in [1.82, 2.24) is 9.78 Å². The number of ether oxygens (including phenoxy) is 4. The van der Waals surface area contributed by atoms with Gasteiger partial charge in [0, 0.05) is 5.56 Å². The lowest BCUT2D eigenvalue weighted by molar-refractivity contribution is 0.0514. The Morgan fingerprint density at radius 3 is 2.48 bits per heavy atom. The summed E-state index contributed by atoms with van der Waals surface area (Å²) in [5.74, 6) is 0.962. The number of esters is 1. The van der Waals surface area contributed by atoms with Gasteiger partial charge in [0.15, 0.2) is 17.2 Å². The number of rotatable bonds is 8. The molecule has 0 saturated heterocycles. The lowest BCUT2D eigenvalue weighted by Gasteiger charge is -2.13. The monoisotopic (exact) mass is 460 g/mol. The van der Waals surface area contributed by atoms with Crippen molar-refractivity contribution in [2.45, 2.75) is 13.5 Å². The number of para-hydroxylation sites is 1. The van der Waals surface area contributed by atoms with Crippen molar-refractivity contribution in [2.75, 3.05) is 20.8 Å². The minimum Gasteiger partial charge on any atom is -0.493 e. The Morgan fingerprint density at radius 2 is 1.83 bits per heavy atom. The number of benzene rings is 2. The molecule has 0 fully saturated rings. The van der Waals surface area contributed by atoms with Crippen LogP contribution < -0.4 is 14.2 Å². The molecule has 29 heavy (non-hydrogen) atoms. The Kier molecular flexibility index (Phi) is 6.77. The van der Waals surface area contributed by atoms with Crippen LogP contribution in [0.2, 0.25) is 0 Å². The maximum Gasteiger partial charge on any atom is 0.362 e. The molecule has 0 aliphatic rings. The summed E-state index contributed by atoms with van der Waals surface area (Å²) in [6, 6.07) is 13.1. The van der Waals surface area contributed by atoms with Crippen LogP contribution in [0.3, 0.4) is 0 Å². The van der Waals surface area contributed by atoms with Crippen LogP contribution in [0.5, 0.6) is 17.2 Å². The first-order chi connectivity index (χ1) is 14.1. The van der Waals surface area contributed by atoms with Crippen LogP contribution in [0, 0.1) is 0 Å². The average Bonchev–Trinajstić information content (AvgIpc) is 3.18. The van der Waals surface area contributed by atoms with Crippen molar-refractivity contribution in [2.24, 2.45) is 0 Å². The number of hydrogen-bond acceptors (Lipinski definition) is 6. The molecule has 0 amide bonds. The van der Waals surface area contributed by atoms with Gasteiger partial charge in [0.2, 0.25) is 5.69 Å². The lowest BCUT2D eigenvalue weighted by Crippen LogP contribution is -2.09. The average molecular weight is 461 g/mol. The molecule has 0 radical (unpaired) electrons.